The average Bonchev–Trinajstić information content (AvgIpc) is 2.78. The molecule has 0 aliphatic heterocycles. The van der Waals surface area contributed by atoms with Gasteiger partial charge < -0.3 is 5.11 Å². The molecular formula is C10H6F2N2O2S. The Morgan fingerprint density at radius 3 is 2.82 bits per heavy atom. The van der Waals surface area contributed by atoms with Crippen LogP contribution in [0, 0.1) is 0 Å². The zero-order chi connectivity index (χ0) is 12.4. The monoisotopic (exact) mass is 256 g/mol. The maximum Gasteiger partial charge on any atom is 0.354 e. The van der Waals surface area contributed by atoms with E-state index in [1.54, 1.807) is 0 Å². The summed E-state index contributed by atoms with van der Waals surface area (Å²) in [4.78, 5) is 18.2. The Morgan fingerprint density at radius 1 is 1.47 bits per heavy atom. The summed E-state index contributed by atoms with van der Waals surface area (Å²) in [5.74, 6) is -1.05. The highest BCUT2D eigenvalue weighted by Gasteiger charge is 2.13. The predicted molar refractivity (Wildman–Crippen MR) is 57.3 cm³/mol. The van der Waals surface area contributed by atoms with E-state index < -0.39 is 12.4 Å². The van der Waals surface area contributed by atoms with Gasteiger partial charge in [0, 0.05) is 17.1 Å². The van der Waals surface area contributed by atoms with Crippen molar-refractivity contribution in [2.75, 3.05) is 0 Å². The molecule has 0 aliphatic carbocycles. The first-order valence-electron chi connectivity index (χ1n) is 4.51. The third kappa shape index (κ3) is 2.44. The lowest BCUT2D eigenvalue weighted by Gasteiger charge is -1.97. The number of alkyl halides is 2. The van der Waals surface area contributed by atoms with Crippen molar-refractivity contribution in [3.05, 3.63) is 34.3 Å². The molecule has 4 nitrogen and oxygen atoms in total. The van der Waals surface area contributed by atoms with Gasteiger partial charge in [-0.15, -0.1) is 11.3 Å². The molecule has 0 spiro atoms. The van der Waals surface area contributed by atoms with Gasteiger partial charge in [0.25, 0.3) is 6.43 Å². The third-order valence-electron chi connectivity index (χ3n) is 1.97. The topological polar surface area (TPSA) is 63.1 Å². The standard InChI is InChI=1S/C10H6F2N2O2S/c11-8(12)7-3-5(4-17-7)9-13-2-1-6(14-9)10(15)16/h1-4,8H,(H,15,16). The molecule has 2 aromatic heterocycles. The average molecular weight is 256 g/mol. The molecule has 2 rings (SSSR count). The number of hydrogen-bond acceptors (Lipinski definition) is 4. The van der Waals surface area contributed by atoms with Gasteiger partial charge in [-0.3, -0.25) is 0 Å². The Labute approximate surface area is 98.6 Å². The summed E-state index contributed by atoms with van der Waals surface area (Å²) in [7, 11) is 0. The van der Waals surface area contributed by atoms with Gasteiger partial charge in [-0.25, -0.2) is 23.5 Å². The summed E-state index contributed by atoms with van der Waals surface area (Å²) in [6.07, 6.45) is -1.26. The molecule has 0 unspecified atom stereocenters. The molecule has 0 radical (unpaired) electrons. The molecule has 0 saturated carbocycles. The molecular weight excluding hydrogens is 250 g/mol. The van der Waals surface area contributed by atoms with Gasteiger partial charge >= 0.3 is 5.97 Å². The van der Waals surface area contributed by atoms with Crippen molar-refractivity contribution in [1.82, 2.24) is 9.97 Å². The zero-order valence-electron chi connectivity index (χ0n) is 8.30. The molecule has 88 valence electrons. The van der Waals surface area contributed by atoms with Crippen molar-refractivity contribution in [3.63, 3.8) is 0 Å². The Balaban J connectivity index is 2.38. The summed E-state index contributed by atoms with van der Waals surface area (Å²) in [6, 6.07) is 2.50. The molecule has 0 bridgehead atoms. The van der Waals surface area contributed by atoms with Gasteiger partial charge in [0.15, 0.2) is 11.5 Å². The molecule has 0 saturated heterocycles. The largest absolute Gasteiger partial charge is 0.477 e. The van der Waals surface area contributed by atoms with E-state index in [1.165, 1.54) is 23.7 Å². The van der Waals surface area contributed by atoms with Gasteiger partial charge in [0.2, 0.25) is 0 Å². The molecule has 7 heteroatoms. The number of carbonyl (C=O) groups is 1. The second kappa shape index (κ2) is 4.54. The molecule has 2 aromatic rings. The van der Waals surface area contributed by atoms with Crippen LogP contribution in [0.2, 0.25) is 0 Å². The highest BCUT2D eigenvalue weighted by molar-refractivity contribution is 7.10. The minimum atomic E-state index is -2.54. The number of thiophene rings is 1. The van der Waals surface area contributed by atoms with E-state index in [2.05, 4.69) is 9.97 Å². The zero-order valence-corrected chi connectivity index (χ0v) is 9.12. The molecule has 0 amide bonds. The highest BCUT2D eigenvalue weighted by Crippen LogP contribution is 2.29. The number of carboxylic acid groups (broad SMARTS) is 1. The van der Waals surface area contributed by atoms with Gasteiger partial charge in [-0.05, 0) is 12.1 Å². The predicted octanol–water partition coefficient (Wildman–Crippen LogP) is 2.84. The van der Waals surface area contributed by atoms with Crippen LogP contribution in [0.5, 0.6) is 0 Å². The fourth-order valence-corrected chi connectivity index (χ4v) is 1.94. The van der Waals surface area contributed by atoms with Crippen LogP contribution in [0.1, 0.15) is 21.8 Å². The molecule has 0 atom stereocenters. The maximum absolute atomic E-state index is 12.4. The third-order valence-corrected chi connectivity index (χ3v) is 2.91. The van der Waals surface area contributed by atoms with E-state index in [9.17, 15) is 13.6 Å². The normalized spacial score (nSPS) is 10.8. The van der Waals surface area contributed by atoms with Crippen LogP contribution in [0.4, 0.5) is 8.78 Å². The van der Waals surface area contributed by atoms with Gasteiger partial charge in [-0.1, -0.05) is 0 Å². The lowest BCUT2D eigenvalue weighted by atomic mass is 10.3. The fraction of sp³-hybridized carbons (Fsp3) is 0.100. The number of hydrogen-bond donors (Lipinski definition) is 1. The van der Waals surface area contributed by atoms with E-state index in [-0.39, 0.29) is 16.4 Å². The smallest absolute Gasteiger partial charge is 0.354 e. The summed E-state index contributed by atoms with van der Waals surface area (Å²) >= 11 is 0.889. The van der Waals surface area contributed by atoms with Gasteiger partial charge in [-0.2, -0.15) is 0 Å². The Kier molecular flexibility index (Phi) is 3.10. The number of halogens is 2. The van der Waals surface area contributed by atoms with Crippen LogP contribution >= 0.6 is 11.3 Å². The minimum absolute atomic E-state index is 0.0932. The van der Waals surface area contributed by atoms with Crippen molar-refractivity contribution in [2.45, 2.75) is 6.43 Å². The SMILES string of the molecule is O=C(O)c1ccnc(-c2csc(C(F)F)c2)n1. The summed E-state index contributed by atoms with van der Waals surface area (Å²) < 4.78 is 24.8. The minimum Gasteiger partial charge on any atom is -0.477 e. The fourth-order valence-electron chi connectivity index (χ4n) is 1.20. The van der Waals surface area contributed by atoms with Crippen molar-refractivity contribution in [2.24, 2.45) is 0 Å². The lowest BCUT2D eigenvalue weighted by Crippen LogP contribution is -2.01. The lowest BCUT2D eigenvalue weighted by molar-refractivity contribution is 0.0690. The summed E-state index contributed by atoms with van der Waals surface area (Å²) in [5.41, 5.74) is 0.230. The van der Waals surface area contributed by atoms with Crippen molar-refractivity contribution in [1.29, 1.82) is 0 Å². The van der Waals surface area contributed by atoms with Crippen LogP contribution in [0.25, 0.3) is 11.4 Å². The van der Waals surface area contributed by atoms with E-state index in [1.807, 2.05) is 0 Å². The van der Waals surface area contributed by atoms with Gasteiger partial charge in [0.05, 0.1) is 4.88 Å². The van der Waals surface area contributed by atoms with Crippen LogP contribution < -0.4 is 0 Å². The quantitative estimate of drug-likeness (QED) is 0.917. The van der Waals surface area contributed by atoms with Gasteiger partial charge in [0.1, 0.15) is 0 Å². The first-order valence-corrected chi connectivity index (χ1v) is 5.39. The first-order chi connectivity index (χ1) is 8.08. The molecule has 17 heavy (non-hydrogen) atoms. The van der Waals surface area contributed by atoms with Crippen LogP contribution in [0.15, 0.2) is 23.7 Å². The molecule has 0 aliphatic rings. The van der Waals surface area contributed by atoms with Crippen molar-refractivity contribution >= 4 is 17.3 Å². The van der Waals surface area contributed by atoms with E-state index in [0.29, 0.717) is 5.56 Å². The number of carboxylic acids is 1. The number of rotatable bonds is 3. The number of aromatic nitrogens is 2. The molecule has 0 aromatic carbocycles. The van der Waals surface area contributed by atoms with Crippen molar-refractivity contribution < 1.29 is 18.7 Å². The Hall–Kier alpha value is -1.89. The van der Waals surface area contributed by atoms with E-state index >= 15 is 0 Å². The Morgan fingerprint density at radius 2 is 2.24 bits per heavy atom. The second-order valence-corrected chi connectivity index (χ2v) is 4.05. The van der Waals surface area contributed by atoms with Crippen LogP contribution in [-0.2, 0) is 0 Å². The molecule has 1 N–H and O–H groups in total. The number of nitrogens with zero attached hydrogens (tertiary/aromatic N) is 2. The first kappa shape index (κ1) is 11.6. The highest BCUT2D eigenvalue weighted by atomic mass is 32.1. The van der Waals surface area contributed by atoms with Crippen LogP contribution in [0.3, 0.4) is 0 Å². The van der Waals surface area contributed by atoms with Crippen LogP contribution in [-0.4, -0.2) is 21.0 Å². The number of aromatic carboxylic acids is 1. The van der Waals surface area contributed by atoms with E-state index in [0.717, 1.165) is 11.3 Å². The van der Waals surface area contributed by atoms with E-state index in [4.69, 9.17) is 5.11 Å². The Bertz CT molecular complexity index is 557. The summed E-state index contributed by atoms with van der Waals surface area (Å²) in [6.45, 7) is 0. The second-order valence-electron chi connectivity index (χ2n) is 3.11. The molecule has 0 fully saturated rings. The van der Waals surface area contributed by atoms with Crippen molar-refractivity contribution in [3.8, 4) is 11.4 Å². The molecule has 2 heterocycles. The maximum atomic E-state index is 12.4. The summed E-state index contributed by atoms with van der Waals surface area (Å²) in [5, 5.41) is 10.2.